The Hall–Kier alpha value is -0.0200. The molecule has 2 N–H and O–H groups in total. The Labute approximate surface area is 92.4 Å². The lowest BCUT2D eigenvalue weighted by Gasteiger charge is -2.05. The van der Waals surface area contributed by atoms with E-state index in [1.54, 1.807) is 12.1 Å². The van der Waals surface area contributed by atoms with E-state index in [4.69, 9.17) is 28.9 Å². The average molecular weight is 245 g/mol. The molecule has 1 aromatic rings. The van der Waals surface area contributed by atoms with Gasteiger partial charge in [0.25, 0.3) is 0 Å². The Morgan fingerprint density at radius 2 is 1.92 bits per heavy atom. The van der Waals surface area contributed by atoms with Crippen LogP contribution in [0.25, 0.3) is 0 Å². The van der Waals surface area contributed by atoms with Crippen LogP contribution in [0.1, 0.15) is 11.7 Å². The smallest absolute Gasteiger partial charge is 0.137 e. The normalized spacial score (nSPS) is 12.0. The van der Waals surface area contributed by atoms with Gasteiger partial charge in [-0.2, -0.15) is 0 Å². The topological polar surface area (TPSA) is 26.0 Å². The van der Waals surface area contributed by atoms with Crippen molar-refractivity contribution in [2.75, 3.05) is 6.54 Å². The largest absolute Gasteiger partial charge is 0.327 e. The molecule has 1 nitrogen and oxygen atoms in total. The molecule has 0 aliphatic heterocycles. The first-order valence-corrected chi connectivity index (χ1v) is 4.20. The third-order valence-electron chi connectivity index (χ3n) is 1.51. The van der Waals surface area contributed by atoms with Crippen molar-refractivity contribution in [2.24, 2.45) is 5.73 Å². The van der Waals surface area contributed by atoms with Crippen LogP contribution in [0.2, 0.25) is 10.0 Å². The van der Waals surface area contributed by atoms with Crippen molar-refractivity contribution in [3.63, 3.8) is 0 Å². The molecule has 0 aliphatic rings. The molecule has 13 heavy (non-hydrogen) atoms. The van der Waals surface area contributed by atoms with Crippen LogP contribution in [0.15, 0.2) is 18.2 Å². The summed E-state index contributed by atoms with van der Waals surface area (Å²) in [6.07, 6.45) is -1.17. The van der Waals surface area contributed by atoms with Crippen LogP contribution in [0.3, 0.4) is 0 Å². The third kappa shape index (κ3) is 3.31. The maximum absolute atomic E-state index is 12.9. The summed E-state index contributed by atoms with van der Waals surface area (Å²) < 4.78 is 12.9. The van der Waals surface area contributed by atoms with Gasteiger partial charge in [-0.25, -0.2) is 4.39 Å². The Bertz CT molecular complexity index is 280. The highest BCUT2D eigenvalue weighted by Crippen LogP contribution is 2.26. The molecule has 0 heterocycles. The van der Waals surface area contributed by atoms with Crippen LogP contribution in [0.4, 0.5) is 4.39 Å². The summed E-state index contributed by atoms with van der Waals surface area (Å²) in [5.74, 6) is 0. The van der Waals surface area contributed by atoms with E-state index in [1.165, 1.54) is 6.07 Å². The van der Waals surface area contributed by atoms with Gasteiger partial charge in [-0.1, -0.05) is 29.3 Å². The standard InChI is InChI=1S/C8H8Cl2FN.ClH/c9-6-2-1-5(3-7(6)10)8(11)4-12;/h1-3,8H,4,12H2;1H. The molecular weight excluding hydrogens is 235 g/mol. The van der Waals surface area contributed by atoms with Crippen molar-refractivity contribution in [1.29, 1.82) is 0 Å². The molecule has 1 rings (SSSR count). The number of alkyl halides is 1. The van der Waals surface area contributed by atoms with Gasteiger partial charge < -0.3 is 5.73 Å². The highest BCUT2D eigenvalue weighted by Gasteiger charge is 2.08. The van der Waals surface area contributed by atoms with Crippen molar-refractivity contribution < 1.29 is 4.39 Å². The first-order chi connectivity index (χ1) is 5.65. The van der Waals surface area contributed by atoms with Gasteiger partial charge in [0, 0.05) is 6.54 Å². The van der Waals surface area contributed by atoms with E-state index < -0.39 is 6.17 Å². The first kappa shape index (κ1) is 13.0. The molecule has 0 saturated heterocycles. The van der Waals surface area contributed by atoms with Crippen LogP contribution in [-0.2, 0) is 0 Å². The van der Waals surface area contributed by atoms with Crippen molar-refractivity contribution in [2.45, 2.75) is 6.17 Å². The second kappa shape index (κ2) is 5.66. The molecule has 0 radical (unpaired) electrons. The molecule has 0 fully saturated rings. The summed E-state index contributed by atoms with van der Waals surface area (Å²) in [6, 6.07) is 4.62. The molecule has 0 saturated carbocycles. The molecule has 1 atom stereocenters. The fourth-order valence-corrected chi connectivity index (χ4v) is 1.15. The van der Waals surface area contributed by atoms with Gasteiger partial charge in [0.1, 0.15) is 6.17 Å². The Balaban J connectivity index is 0.00000144. The van der Waals surface area contributed by atoms with E-state index >= 15 is 0 Å². The highest BCUT2D eigenvalue weighted by atomic mass is 35.5. The van der Waals surface area contributed by atoms with Gasteiger partial charge in [0.2, 0.25) is 0 Å². The van der Waals surface area contributed by atoms with Crippen molar-refractivity contribution in [3.05, 3.63) is 33.8 Å². The van der Waals surface area contributed by atoms with E-state index in [0.29, 0.717) is 15.6 Å². The molecule has 1 aromatic carbocycles. The monoisotopic (exact) mass is 243 g/mol. The van der Waals surface area contributed by atoms with Gasteiger partial charge in [-0.05, 0) is 17.7 Å². The minimum absolute atomic E-state index is 0. The lowest BCUT2D eigenvalue weighted by molar-refractivity contribution is 0.353. The third-order valence-corrected chi connectivity index (χ3v) is 2.25. The minimum atomic E-state index is -1.17. The second-order valence-corrected chi connectivity index (χ2v) is 3.19. The molecule has 0 aromatic heterocycles. The summed E-state index contributed by atoms with van der Waals surface area (Å²) in [6.45, 7) is -0.0437. The zero-order valence-electron chi connectivity index (χ0n) is 6.64. The van der Waals surface area contributed by atoms with Crippen LogP contribution in [0.5, 0.6) is 0 Å². The van der Waals surface area contributed by atoms with Crippen molar-refractivity contribution >= 4 is 35.6 Å². The predicted octanol–water partition coefficient (Wildman–Crippen LogP) is 3.38. The number of hydrogen-bond donors (Lipinski definition) is 1. The zero-order chi connectivity index (χ0) is 9.14. The van der Waals surface area contributed by atoms with Crippen LogP contribution in [0, 0.1) is 0 Å². The van der Waals surface area contributed by atoms with E-state index in [9.17, 15) is 4.39 Å². The summed E-state index contributed by atoms with van der Waals surface area (Å²) in [5.41, 5.74) is 5.61. The fourth-order valence-electron chi connectivity index (χ4n) is 0.843. The fraction of sp³-hybridized carbons (Fsp3) is 0.250. The zero-order valence-corrected chi connectivity index (χ0v) is 8.96. The van der Waals surface area contributed by atoms with Gasteiger partial charge in [0.15, 0.2) is 0 Å². The van der Waals surface area contributed by atoms with Crippen LogP contribution in [-0.4, -0.2) is 6.54 Å². The summed E-state index contributed by atoms with van der Waals surface area (Å²) >= 11 is 11.3. The molecule has 0 amide bonds. The van der Waals surface area contributed by atoms with Crippen molar-refractivity contribution in [3.8, 4) is 0 Å². The first-order valence-electron chi connectivity index (χ1n) is 3.44. The Kier molecular flexibility index (Phi) is 5.65. The number of hydrogen-bond acceptors (Lipinski definition) is 1. The quantitative estimate of drug-likeness (QED) is 0.848. The van der Waals surface area contributed by atoms with Gasteiger partial charge in [-0.3, -0.25) is 0 Å². The molecule has 1 unspecified atom stereocenters. The van der Waals surface area contributed by atoms with Gasteiger partial charge in [-0.15, -0.1) is 12.4 Å². The van der Waals surface area contributed by atoms with Gasteiger partial charge in [0.05, 0.1) is 10.0 Å². The van der Waals surface area contributed by atoms with Crippen LogP contribution < -0.4 is 5.73 Å². The lowest BCUT2D eigenvalue weighted by Crippen LogP contribution is -2.07. The van der Waals surface area contributed by atoms with E-state index in [0.717, 1.165) is 0 Å². The second-order valence-electron chi connectivity index (χ2n) is 2.38. The Morgan fingerprint density at radius 3 is 2.38 bits per heavy atom. The molecule has 0 spiro atoms. The minimum Gasteiger partial charge on any atom is -0.327 e. The van der Waals surface area contributed by atoms with E-state index in [1.807, 2.05) is 0 Å². The SMILES string of the molecule is Cl.NCC(F)c1ccc(Cl)c(Cl)c1. The predicted molar refractivity (Wildman–Crippen MR) is 56.6 cm³/mol. The number of nitrogens with two attached hydrogens (primary N) is 1. The number of halogens is 4. The maximum atomic E-state index is 12.9. The van der Waals surface area contributed by atoms with E-state index in [2.05, 4.69) is 0 Å². The molecule has 5 heteroatoms. The average Bonchev–Trinajstić information content (AvgIpc) is 2.08. The maximum Gasteiger partial charge on any atom is 0.137 e. The Morgan fingerprint density at radius 1 is 1.31 bits per heavy atom. The van der Waals surface area contributed by atoms with Crippen molar-refractivity contribution in [1.82, 2.24) is 0 Å². The molecular formula is C8H9Cl3FN. The lowest BCUT2D eigenvalue weighted by atomic mass is 10.1. The van der Waals surface area contributed by atoms with E-state index in [-0.39, 0.29) is 19.0 Å². The van der Waals surface area contributed by atoms with Gasteiger partial charge >= 0.3 is 0 Å². The molecule has 74 valence electrons. The summed E-state index contributed by atoms with van der Waals surface area (Å²) in [4.78, 5) is 0. The highest BCUT2D eigenvalue weighted by molar-refractivity contribution is 6.42. The molecule has 0 bridgehead atoms. The summed E-state index contributed by atoms with van der Waals surface area (Å²) in [5, 5.41) is 0.773. The van der Waals surface area contributed by atoms with Crippen LogP contribution >= 0.6 is 35.6 Å². The summed E-state index contributed by atoms with van der Waals surface area (Å²) in [7, 11) is 0. The number of rotatable bonds is 2. The molecule has 0 aliphatic carbocycles. The number of benzene rings is 1.